The molecule has 5 rings (SSSR count). The van der Waals surface area contributed by atoms with Gasteiger partial charge in [-0.3, -0.25) is 14.4 Å². The number of rotatable bonds is 8. The maximum Gasteiger partial charge on any atom is 0.248 e. The number of fused-ring (bicyclic) bond motifs is 1. The van der Waals surface area contributed by atoms with Gasteiger partial charge in [0.2, 0.25) is 17.7 Å². The first-order chi connectivity index (χ1) is 18.2. The van der Waals surface area contributed by atoms with Gasteiger partial charge in [0.15, 0.2) is 0 Å². The minimum atomic E-state index is -0.863. The predicted octanol–water partition coefficient (Wildman–Crippen LogP) is 4.08. The molecule has 3 N–H and O–H groups in total. The third kappa shape index (κ3) is 4.55. The Labute approximate surface area is 240 Å². The van der Waals surface area contributed by atoms with Gasteiger partial charge in [-0.15, -0.1) is 11.8 Å². The number of amides is 3. The number of nitrogens with zero attached hydrogens (tertiary/aromatic N) is 1. The minimum absolute atomic E-state index is 0.0359. The van der Waals surface area contributed by atoms with E-state index in [2.05, 4.69) is 26.6 Å². The van der Waals surface area contributed by atoms with Crippen LogP contribution in [0.15, 0.2) is 54.6 Å². The largest absolute Gasteiger partial charge is 0.394 e. The number of aliphatic hydroxyl groups is 1. The monoisotopic (exact) mass is 619 g/mol. The van der Waals surface area contributed by atoms with Gasteiger partial charge in [0.25, 0.3) is 0 Å². The molecule has 2 bridgehead atoms. The Morgan fingerprint density at radius 2 is 1.84 bits per heavy atom. The zero-order chi connectivity index (χ0) is 27.2. The number of likely N-dealkylation sites (tertiary alicyclic amines) is 1. The summed E-state index contributed by atoms with van der Waals surface area (Å²) in [5, 5.41) is 16.6. The van der Waals surface area contributed by atoms with E-state index in [1.54, 1.807) is 40.9 Å². The van der Waals surface area contributed by atoms with Gasteiger partial charge in [0.1, 0.15) is 6.04 Å². The summed E-state index contributed by atoms with van der Waals surface area (Å²) in [6.07, 6.45) is 0.564. The van der Waals surface area contributed by atoms with Crippen LogP contribution in [0.3, 0.4) is 0 Å². The molecule has 0 aliphatic carbocycles. The summed E-state index contributed by atoms with van der Waals surface area (Å²) >= 11 is 11.7. The number of anilines is 1. The van der Waals surface area contributed by atoms with E-state index in [0.29, 0.717) is 23.7 Å². The molecular formula is C28H31BrClN3O4S. The molecule has 3 amide bonds. The van der Waals surface area contributed by atoms with E-state index in [0.717, 1.165) is 5.56 Å². The fraction of sp³-hybridized carbons (Fsp3) is 0.464. The number of hydrogen-bond acceptors (Lipinski definition) is 5. The van der Waals surface area contributed by atoms with E-state index in [4.69, 9.17) is 11.6 Å². The molecule has 7 nitrogen and oxygen atoms in total. The van der Waals surface area contributed by atoms with Gasteiger partial charge in [-0.1, -0.05) is 83.8 Å². The van der Waals surface area contributed by atoms with Crippen LogP contribution in [0.5, 0.6) is 0 Å². The van der Waals surface area contributed by atoms with Gasteiger partial charge in [-0.05, 0) is 30.0 Å². The van der Waals surface area contributed by atoms with Crippen LogP contribution in [0, 0.1) is 17.8 Å². The summed E-state index contributed by atoms with van der Waals surface area (Å²) < 4.78 is -0.807. The number of thioether (sulfide) groups is 1. The van der Waals surface area contributed by atoms with Crippen molar-refractivity contribution in [1.29, 1.82) is 0 Å². The topological polar surface area (TPSA) is 98.7 Å². The lowest BCUT2D eigenvalue weighted by molar-refractivity contribution is -0.142. The first kappa shape index (κ1) is 27.5. The maximum atomic E-state index is 14.2. The van der Waals surface area contributed by atoms with E-state index in [-0.39, 0.29) is 40.3 Å². The Hall–Kier alpha value is -2.07. The summed E-state index contributed by atoms with van der Waals surface area (Å²) in [6, 6.07) is 15.2. The van der Waals surface area contributed by atoms with Crippen molar-refractivity contribution in [2.24, 2.45) is 17.8 Å². The summed E-state index contributed by atoms with van der Waals surface area (Å²) in [6.45, 7) is 3.93. The molecule has 202 valence electrons. The zero-order valence-electron chi connectivity index (χ0n) is 21.1. The third-order valence-corrected chi connectivity index (χ3v) is 11.6. The third-order valence-electron chi connectivity index (χ3n) is 8.03. The lowest BCUT2D eigenvalue weighted by atomic mass is 9.70. The van der Waals surface area contributed by atoms with Gasteiger partial charge in [-0.2, -0.15) is 0 Å². The van der Waals surface area contributed by atoms with Crippen LogP contribution in [0.1, 0.15) is 25.8 Å². The van der Waals surface area contributed by atoms with Crippen molar-refractivity contribution < 1.29 is 19.5 Å². The highest BCUT2D eigenvalue weighted by atomic mass is 79.9. The highest BCUT2D eigenvalue weighted by Crippen LogP contribution is 2.68. The van der Waals surface area contributed by atoms with Crippen LogP contribution in [0.2, 0.25) is 5.02 Å². The molecule has 3 unspecified atom stereocenters. The van der Waals surface area contributed by atoms with Gasteiger partial charge >= 0.3 is 0 Å². The highest BCUT2D eigenvalue weighted by molar-refractivity contribution is 9.09. The average molecular weight is 621 g/mol. The summed E-state index contributed by atoms with van der Waals surface area (Å²) in [4.78, 5) is 43.4. The Kier molecular flexibility index (Phi) is 7.84. The Morgan fingerprint density at radius 1 is 1.16 bits per heavy atom. The molecule has 38 heavy (non-hydrogen) atoms. The molecule has 3 aliphatic rings. The fourth-order valence-corrected chi connectivity index (χ4v) is 10.1. The van der Waals surface area contributed by atoms with Crippen LogP contribution in [0.4, 0.5) is 5.69 Å². The minimum Gasteiger partial charge on any atom is -0.394 e. The van der Waals surface area contributed by atoms with Gasteiger partial charge in [0.05, 0.1) is 39.9 Å². The van der Waals surface area contributed by atoms with Crippen LogP contribution in [-0.4, -0.2) is 61.2 Å². The fourth-order valence-electron chi connectivity index (χ4n) is 6.31. The molecule has 3 fully saturated rings. The lowest BCUT2D eigenvalue weighted by Crippen LogP contribution is -2.56. The molecule has 3 heterocycles. The van der Waals surface area contributed by atoms with Crippen molar-refractivity contribution in [3.05, 3.63) is 65.2 Å². The molecule has 3 saturated heterocycles. The molecule has 3 aliphatic heterocycles. The summed E-state index contributed by atoms with van der Waals surface area (Å²) in [7, 11) is 0. The van der Waals surface area contributed by atoms with Crippen molar-refractivity contribution in [2.75, 3.05) is 11.9 Å². The maximum absolute atomic E-state index is 14.2. The zero-order valence-corrected chi connectivity index (χ0v) is 24.3. The SMILES string of the molecule is CC(C)[C@H](CO)N1C(=O)[C@@H]2[C@@H](C(=O)NCc3ccccc3)[C@@H]3SC2(CC3Br)C1C(=O)Nc1ccccc1Cl. The van der Waals surface area contributed by atoms with Crippen LogP contribution >= 0.6 is 39.3 Å². The van der Waals surface area contributed by atoms with Crippen LogP contribution in [-0.2, 0) is 20.9 Å². The van der Waals surface area contributed by atoms with E-state index >= 15 is 0 Å². The van der Waals surface area contributed by atoms with Crippen molar-refractivity contribution in [3.63, 3.8) is 0 Å². The summed E-state index contributed by atoms with van der Waals surface area (Å²) in [5.74, 6) is -2.15. The highest BCUT2D eigenvalue weighted by Gasteiger charge is 2.76. The number of alkyl halides is 1. The molecule has 1 spiro atoms. The molecule has 0 radical (unpaired) electrons. The second-order valence-electron chi connectivity index (χ2n) is 10.6. The standard InChI is InChI=1S/C28H31BrClN3O4S/c1-15(2)20(14-34)33-24(26(36)32-19-11-7-6-10-18(19)30)28-12-17(29)23(38-28)21(22(28)27(33)37)25(35)31-13-16-8-4-3-5-9-16/h3-11,15,17,20-24,34H,12-14H2,1-2H3,(H,31,35)(H,32,36)/t17?,20-,21+,22-,23+,24?,28?/m0/s1. The first-order valence-electron chi connectivity index (χ1n) is 12.8. The number of hydrogen-bond donors (Lipinski definition) is 3. The molecule has 10 heteroatoms. The molecule has 2 aromatic carbocycles. The Bertz CT molecular complexity index is 1230. The molecule has 0 aromatic heterocycles. The normalized spacial score (nSPS) is 30.4. The number of carbonyl (C=O) groups excluding carboxylic acids is 3. The number of carbonyl (C=O) groups is 3. The van der Waals surface area contributed by atoms with Crippen LogP contribution in [0.25, 0.3) is 0 Å². The van der Waals surface area contributed by atoms with Gasteiger partial charge in [-0.25, -0.2) is 0 Å². The van der Waals surface area contributed by atoms with Crippen molar-refractivity contribution in [1.82, 2.24) is 10.2 Å². The van der Waals surface area contributed by atoms with Crippen molar-refractivity contribution in [2.45, 2.75) is 53.7 Å². The smallest absolute Gasteiger partial charge is 0.248 e. The van der Waals surface area contributed by atoms with Crippen molar-refractivity contribution in [3.8, 4) is 0 Å². The molecular weight excluding hydrogens is 590 g/mol. The lowest BCUT2D eigenvalue weighted by Gasteiger charge is -2.38. The molecule has 7 atom stereocenters. The van der Waals surface area contributed by atoms with Gasteiger partial charge < -0.3 is 20.6 Å². The number of halogens is 2. The molecule has 0 saturated carbocycles. The van der Waals surface area contributed by atoms with E-state index < -0.39 is 28.7 Å². The predicted molar refractivity (Wildman–Crippen MR) is 153 cm³/mol. The number of para-hydroxylation sites is 1. The average Bonchev–Trinajstić information content (AvgIpc) is 3.48. The number of nitrogens with one attached hydrogen (secondary N) is 2. The Balaban J connectivity index is 1.51. The quantitative estimate of drug-likeness (QED) is 0.387. The van der Waals surface area contributed by atoms with E-state index in [1.165, 1.54) is 0 Å². The van der Waals surface area contributed by atoms with Crippen LogP contribution < -0.4 is 10.6 Å². The second-order valence-corrected chi connectivity index (χ2v) is 13.7. The van der Waals surface area contributed by atoms with E-state index in [9.17, 15) is 19.5 Å². The van der Waals surface area contributed by atoms with E-state index in [1.807, 2.05) is 44.2 Å². The number of aliphatic hydroxyl groups excluding tert-OH is 1. The number of benzene rings is 2. The second kappa shape index (κ2) is 10.8. The van der Waals surface area contributed by atoms with Crippen molar-refractivity contribution >= 4 is 62.7 Å². The molecule has 2 aromatic rings. The Morgan fingerprint density at radius 3 is 2.50 bits per heavy atom. The summed E-state index contributed by atoms with van der Waals surface area (Å²) in [5.41, 5.74) is 1.43. The van der Waals surface area contributed by atoms with Gasteiger partial charge in [0, 0.05) is 16.6 Å². The first-order valence-corrected chi connectivity index (χ1v) is 15.0.